The highest BCUT2D eigenvalue weighted by Crippen LogP contribution is 2.23. The lowest BCUT2D eigenvalue weighted by Crippen LogP contribution is -2.37. The van der Waals surface area contributed by atoms with Gasteiger partial charge in [-0.25, -0.2) is 4.79 Å². The second kappa shape index (κ2) is 11.7. The van der Waals surface area contributed by atoms with Gasteiger partial charge in [-0.2, -0.15) is 0 Å². The second-order valence-electron chi connectivity index (χ2n) is 8.93. The van der Waals surface area contributed by atoms with Crippen molar-refractivity contribution in [2.45, 2.75) is 44.7 Å². The number of rotatable bonds is 7. The van der Waals surface area contributed by atoms with Crippen LogP contribution in [0.5, 0.6) is 0 Å². The molecule has 0 bridgehead atoms. The molecule has 1 unspecified atom stereocenters. The number of hydrogen-bond acceptors (Lipinski definition) is 3. The summed E-state index contributed by atoms with van der Waals surface area (Å²) in [5.74, 6) is -0.806. The minimum atomic E-state index is -0.922. The van der Waals surface area contributed by atoms with Gasteiger partial charge in [0.25, 0.3) is 11.8 Å². The van der Waals surface area contributed by atoms with Gasteiger partial charge in [-0.05, 0) is 67.3 Å². The molecular formula is C28H29ClN4O3. The number of aryl methyl sites for hydroxylation is 1. The molecule has 0 aromatic heterocycles. The van der Waals surface area contributed by atoms with E-state index in [-0.39, 0.29) is 12.1 Å². The molecule has 4 amide bonds. The van der Waals surface area contributed by atoms with Crippen LogP contribution < -0.4 is 21.3 Å². The van der Waals surface area contributed by atoms with Crippen LogP contribution in [0.4, 0.5) is 16.2 Å². The first-order valence-electron chi connectivity index (χ1n) is 12.0. The Labute approximate surface area is 215 Å². The first-order valence-corrected chi connectivity index (χ1v) is 12.4. The Morgan fingerprint density at radius 3 is 2.19 bits per heavy atom. The summed E-state index contributed by atoms with van der Waals surface area (Å²) in [7, 11) is 0. The van der Waals surface area contributed by atoms with E-state index in [9.17, 15) is 14.4 Å². The molecule has 1 fully saturated rings. The predicted octanol–water partition coefficient (Wildman–Crippen LogP) is 5.82. The van der Waals surface area contributed by atoms with Gasteiger partial charge in [0, 0.05) is 28.0 Å². The third-order valence-electron chi connectivity index (χ3n) is 6.21. The summed E-state index contributed by atoms with van der Waals surface area (Å²) in [5, 5.41) is 12.0. The van der Waals surface area contributed by atoms with Crippen molar-refractivity contribution < 1.29 is 14.4 Å². The Bertz CT molecular complexity index is 1230. The number of carbonyl (C=O) groups is 3. The largest absolute Gasteiger partial charge is 0.336 e. The smallest absolute Gasteiger partial charge is 0.319 e. The highest BCUT2D eigenvalue weighted by Gasteiger charge is 2.24. The van der Waals surface area contributed by atoms with Crippen LogP contribution in [0.3, 0.4) is 0 Å². The third kappa shape index (κ3) is 6.64. The molecule has 0 heterocycles. The van der Waals surface area contributed by atoms with Crippen molar-refractivity contribution in [3.05, 3.63) is 94.5 Å². The van der Waals surface area contributed by atoms with E-state index < -0.39 is 17.9 Å². The minimum absolute atomic E-state index is 0.215. The van der Waals surface area contributed by atoms with Crippen LogP contribution in [-0.2, 0) is 4.79 Å². The van der Waals surface area contributed by atoms with Gasteiger partial charge < -0.3 is 21.3 Å². The molecule has 0 spiro atoms. The molecular weight excluding hydrogens is 476 g/mol. The number of anilines is 2. The number of amides is 4. The SMILES string of the molecule is Cc1ccc(NC(=O)C(NC(=O)c2ccc(NC(=O)NC3CCCC3)cc2)c2ccccc2)cc1Cl. The van der Waals surface area contributed by atoms with Gasteiger partial charge in [-0.3, -0.25) is 9.59 Å². The van der Waals surface area contributed by atoms with E-state index in [1.54, 1.807) is 48.5 Å². The molecule has 36 heavy (non-hydrogen) atoms. The van der Waals surface area contributed by atoms with Crippen LogP contribution in [0.15, 0.2) is 72.8 Å². The van der Waals surface area contributed by atoms with Crippen LogP contribution in [0.1, 0.15) is 53.2 Å². The number of hydrogen-bond donors (Lipinski definition) is 4. The summed E-state index contributed by atoms with van der Waals surface area (Å²) < 4.78 is 0. The van der Waals surface area contributed by atoms with Crippen molar-refractivity contribution >= 4 is 40.8 Å². The summed E-state index contributed by atoms with van der Waals surface area (Å²) >= 11 is 6.19. The molecule has 4 rings (SSSR count). The summed E-state index contributed by atoms with van der Waals surface area (Å²) in [5.41, 5.74) is 3.02. The number of halogens is 1. The standard InChI is InChI=1S/C28H29ClN4O3/c1-18-11-14-23(17-24(18)29)30-27(35)25(19-7-3-2-4-8-19)33-26(34)20-12-15-22(16-13-20)32-28(36)31-21-9-5-6-10-21/h2-4,7-8,11-17,21,25H,5-6,9-10H2,1H3,(H,30,35)(H,33,34)(H2,31,32,36). The summed E-state index contributed by atoms with van der Waals surface area (Å²) in [4.78, 5) is 38.4. The van der Waals surface area contributed by atoms with Gasteiger partial charge in [0.2, 0.25) is 0 Å². The van der Waals surface area contributed by atoms with Crippen LogP contribution in [0, 0.1) is 6.92 Å². The predicted molar refractivity (Wildman–Crippen MR) is 142 cm³/mol. The average molecular weight is 505 g/mol. The van der Waals surface area contributed by atoms with E-state index in [4.69, 9.17) is 11.6 Å². The average Bonchev–Trinajstić information content (AvgIpc) is 3.38. The zero-order valence-electron chi connectivity index (χ0n) is 20.0. The van der Waals surface area contributed by atoms with Crippen molar-refractivity contribution in [3.8, 4) is 0 Å². The van der Waals surface area contributed by atoms with E-state index in [1.807, 2.05) is 31.2 Å². The van der Waals surface area contributed by atoms with Gasteiger partial charge in [-0.15, -0.1) is 0 Å². The Balaban J connectivity index is 1.43. The van der Waals surface area contributed by atoms with Crippen LogP contribution in [-0.4, -0.2) is 23.9 Å². The first kappa shape index (κ1) is 25.3. The zero-order valence-corrected chi connectivity index (χ0v) is 20.8. The summed E-state index contributed by atoms with van der Waals surface area (Å²) in [6, 6.07) is 19.9. The van der Waals surface area contributed by atoms with E-state index >= 15 is 0 Å². The molecule has 3 aromatic rings. The summed E-state index contributed by atoms with van der Waals surface area (Å²) in [6.45, 7) is 1.88. The van der Waals surface area contributed by atoms with Crippen LogP contribution in [0.25, 0.3) is 0 Å². The van der Waals surface area contributed by atoms with E-state index in [1.165, 1.54) is 0 Å². The highest BCUT2D eigenvalue weighted by molar-refractivity contribution is 6.31. The maximum atomic E-state index is 13.2. The molecule has 3 aromatic carbocycles. The second-order valence-corrected chi connectivity index (χ2v) is 9.33. The molecule has 0 radical (unpaired) electrons. The first-order chi connectivity index (χ1) is 17.4. The molecule has 1 saturated carbocycles. The van der Waals surface area contributed by atoms with Crippen molar-refractivity contribution in [2.75, 3.05) is 10.6 Å². The van der Waals surface area contributed by atoms with Crippen LogP contribution >= 0.6 is 11.6 Å². The topological polar surface area (TPSA) is 99.3 Å². The normalized spacial score (nSPS) is 14.1. The molecule has 1 aliphatic rings. The Morgan fingerprint density at radius 2 is 1.53 bits per heavy atom. The fraction of sp³-hybridized carbons (Fsp3) is 0.250. The van der Waals surface area contributed by atoms with Crippen molar-refractivity contribution in [3.63, 3.8) is 0 Å². The Hall–Kier alpha value is -3.84. The number of benzene rings is 3. The maximum absolute atomic E-state index is 13.2. The van der Waals surface area contributed by atoms with Gasteiger partial charge in [-0.1, -0.05) is 60.8 Å². The van der Waals surface area contributed by atoms with Crippen molar-refractivity contribution in [1.82, 2.24) is 10.6 Å². The molecule has 186 valence electrons. The zero-order chi connectivity index (χ0) is 25.5. The quantitative estimate of drug-likeness (QED) is 0.326. The molecule has 0 aliphatic heterocycles. The third-order valence-corrected chi connectivity index (χ3v) is 6.61. The minimum Gasteiger partial charge on any atom is -0.336 e. The van der Waals surface area contributed by atoms with E-state index in [2.05, 4.69) is 21.3 Å². The van der Waals surface area contributed by atoms with Gasteiger partial charge in [0.1, 0.15) is 6.04 Å². The van der Waals surface area contributed by atoms with Crippen molar-refractivity contribution in [2.24, 2.45) is 0 Å². The molecule has 0 saturated heterocycles. The molecule has 4 N–H and O–H groups in total. The Kier molecular flexibility index (Phi) is 8.23. The van der Waals surface area contributed by atoms with Gasteiger partial charge in [0.05, 0.1) is 0 Å². The van der Waals surface area contributed by atoms with E-state index in [0.717, 1.165) is 31.2 Å². The number of carbonyl (C=O) groups excluding carboxylic acids is 3. The fourth-order valence-corrected chi connectivity index (χ4v) is 4.35. The Morgan fingerprint density at radius 1 is 0.861 bits per heavy atom. The number of urea groups is 1. The molecule has 1 aliphatic carbocycles. The van der Waals surface area contributed by atoms with E-state index in [0.29, 0.717) is 27.5 Å². The summed E-state index contributed by atoms with van der Waals surface area (Å²) in [6.07, 6.45) is 4.27. The molecule has 7 nitrogen and oxygen atoms in total. The van der Waals surface area contributed by atoms with Gasteiger partial charge in [0.15, 0.2) is 0 Å². The van der Waals surface area contributed by atoms with Gasteiger partial charge >= 0.3 is 6.03 Å². The maximum Gasteiger partial charge on any atom is 0.319 e. The highest BCUT2D eigenvalue weighted by atomic mass is 35.5. The number of nitrogens with one attached hydrogen (secondary N) is 4. The lowest BCUT2D eigenvalue weighted by molar-refractivity contribution is -0.118. The lowest BCUT2D eigenvalue weighted by atomic mass is 10.0. The molecule has 1 atom stereocenters. The van der Waals surface area contributed by atoms with Crippen LogP contribution in [0.2, 0.25) is 5.02 Å². The lowest BCUT2D eigenvalue weighted by Gasteiger charge is -2.19. The fourth-order valence-electron chi connectivity index (χ4n) is 4.17. The monoisotopic (exact) mass is 504 g/mol. The molecule has 8 heteroatoms. The van der Waals surface area contributed by atoms with Crippen molar-refractivity contribution in [1.29, 1.82) is 0 Å².